The van der Waals surface area contributed by atoms with Gasteiger partial charge in [-0.2, -0.15) is 0 Å². The summed E-state index contributed by atoms with van der Waals surface area (Å²) in [6, 6.07) is 0. The number of nitrogens with zero attached hydrogens (tertiary/aromatic N) is 1. The summed E-state index contributed by atoms with van der Waals surface area (Å²) in [4.78, 5) is 2.32. The SMILES string of the molecule is CN1CCC2(C1)OCC1CC12CO. The Labute approximate surface area is 78.7 Å². The standard InChI is InChI=1S/C10H17NO2/c1-11-3-2-10(6-11)9(7-12)4-8(9)5-13-10/h8,12H,2-7H2,1H3. The van der Waals surface area contributed by atoms with E-state index in [0.717, 1.165) is 26.1 Å². The molecule has 1 aliphatic carbocycles. The lowest BCUT2D eigenvalue weighted by atomic mass is 9.83. The Balaban J connectivity index is 1.91. The number of hydrogen-bond acceptors (Lipinski definition) is 3. The van der Waals surface area contributed by atoms with Gasteiger partial charge in [0.15, 0.2) is 0 Å². The van der Waals surface area contributed by atoms with Crippen LogP contribution in [0.3, 0.4) is 0 Å². The summed E-state index contributed by atoms with van der Waals surface area (Å²) in [5, 5.41) is 9.48. The fourth-order valence-corrected chi connectivity index (χ4v) is 3.39. The number of aliphatic hydroxyl groups excluding tert-OH is 1. The summed E-state index contributed by atoms with van der Waals surface area (Å²) in [5.74, 6) is 0.656. The molecule has 1 spiro atoms. The smallest absolute Gasteiger partial charge is 0.0902 e. The number of aliphatic hydroxyl groups is 1. The second-order valence-corrected chi connectivity index (χ2v) is 5.01. The lowest BCUT2D eigenvalue weighted by molar-refractivity contribution is -0.0582. The first-order valence-electron chi connectivity index (χ1n) is 5.16. The van der Waals surface area contributed by atoms with Gasteiger partial charge in [-0.25, -0.2) is 0 Å². The average molecular weight is 183 g/mol. The largest absolute Gasteiger partial charge is 0.396 e. The Bertz CT molecular complexity index is 241. The molecule has 1 N–H and O–H groups in total. The molecular weight excluding hydrogens is 166 g/mol. The molecule has 0 aromatic carbocycles. The van der Waals surface area contributed by atoms with Gasteiger partial charge in [-0.05, 0) is 25.8 Å². The third-order valence-corrected chi connectivity index (χ3v) is 4.41. The lowest BCUT2D eigenvalue weighted by Crippen LogP contribution is -2.43. The summed E-state index contributed by atoms with van der Waals surface area (Å²) in [6.07, 6.45) is 2.30. The zero-order chi connectivity index (χ0) is 9.10. The minimum atomic E-state index is 0.0150. The van der Waals surface area contributed by atoms with Crippen LogP contribution in [-0.4, -0.2) is 49.0 Å². The Hall–Kier alpha value is -0.120. The molecule has 3 unspecified atom stereocenters. The summed E-state index contributed by atoms with van der Waals surface area (Å²) >= 11 is 0. The summed E-state index contributed by atoms with van der Waals surface area (Å²) in [5.41, 5.74) is 0.166. The molecule has 0 bridgehead atoms. The van der Waals surface area contributed by atoms with E-state index in [1.165, 1.54) is 6.42 Å². The average Bonchev–Trinajstić information content (AvgIpc) is 2.66. The molecule has 3 atom stereocenters. The molecule has 3 heteroatoms. The third kappa shape index (κ3) is 0.808. The zero-order valence-electron chi connectivity index (χ0n) is 8.12. The quantitative estimate of drug-likeness (QED) is 0.625. The van der Waals surface area contributed by atoms with Gasteiger partial charge in [-0.15, -0.1) is 0 Å². The molecule has 0 radical (unpaired) electrons. The van der Waals surface area contributed by atoms with Crippen molar-refractivity contribution in [2.24, 2.45) is 11.3 Å². The van der Waals surface area contributed by atoms with Gasteiger partial charge in [-0.3, -0.25) is 0 Å². The van der Waals surface area contributed by atoms with Crippen LogP contribution in [0.15, 0.2) is 0 Å². The summed E-state index contributed by atoms with van der Waals surface area (Å²) in [7, 11) is 2.14. The summed E-state index contributed by atoms with van der Waals surface area (Å²) in [6.45, 7) is 3.35. The fraction of sp³-hybridized carbons (Fsp3) is 1.00. The molecule has 74 valence electrons. The van der Waals surface area contributed by atoms with Gasteiger partial charge in [0.1, 0.15) is 0 Å². The van der Waals surface area contributed by atoms with Crippen LogP contribution in [0.25, 0.3) is 0 Å². The van der Waals surface area contributed by atoms with E-state index in [-0.39, 0.29) is 11.0 Å². The van der Waals surface area contributed by atoms with E-state index >= 15 is 0 Å². The van der Waals surface area contributed by atoms with Crippen molar-refractivity contribution in [1.82, 2.24) is 4.90 Å². The number of likely N-dealkylation sites (tertiary alicyclic amines) is 1. The maximum atomic E-state index is 9.48. The molecule has 13 heavy (non-hydrogen) atoms. The molecule has 3 rings (SSSR count). The number of rotatable bonds is 1. The Morgan fingerprint density at radius 2 is 2.46 bits per heavy atom. The van der Waals surface area contributed by atoms with Crippen molar-refractivity contribution in [2.75, 3.05) is 33.4 Å². The van der Waals surface area contributed by atoms with Crippen LogP contribution in [-0.2, 0) is 4.74 Å². The first-order chi connectivity index (χ1) is 6.22. The van der Waals surface area contributed by atoms with Crippen LogP contribution in [0, 0.1) is 11.3 Å². The molecule has 3 fully saturated rings. The fourth-order valence-electron chi connectivity index (χ4n) is 3.39. The van der Waals surface area contributed by atoms with Crippen LogP contribution in [0.1, 0.15) is 12.8 Å². The van der Waals surface area contributed by atoms with Crippen LogP contribution in [0.5, 0.6) is 0 Å². The predicted molar refractivity (Wildman–Crippen MR) is 48.4 cm³/mol. The normalized spacial score (nSPS) is 54.5. The van der Waals surface area contributed by atoms with Crippen LogP contribution in [0.2, 0.25) is 0 Å². The first-order valence-corrected chi connectivity index (χ1v) is 5.16. The van der Waals surface area contributed by atoms with E-state index in [2.05, 4.69) is 11.9 Å². The predicted octanol–water partition coefficient (Wildman–Crippen LogP) is 0.0895. The van der Waals surface area contributed by atoms with E-state index < -0.39 is 0 Å². The second kappa shape index (κ2) is 2.27. The monoisotopic (exact) mass is 183 g/mol. The first kappa shape index (κ1) is 8.21. The van der Waals surface area contributed by atoms with E-state index in [9.17, 15) is 5.11 Å². The molecule has 0 amide bonds. The highest BCUT2D eigenvalue weighted by Crippen LogP contribution is 2.67. The van der Waals surface area contributed by atoms with Crippen molar-refractivity contribution in [3.05, 3.63) is 0 Å². The van der Waals surface area contributed by atoms with Gasteiger partial charge in [0, 0.05) is 18.5 Å². The Kier molecular flexibility index (Phi) is 1.43. The minimum Gasteiger partial charge on any atom is -0.396 e. The maximum Gasteiger partial charge on any atom is 0.0902 e. The number of fused-ring (bicyclic) bond motifs is 2. The van der Waals surface area contributed by atoms with Gasteiger partial charge in [0.05, 0.1) is 18.8 Å². The zero-order valence-corrected chi connectivity index (χ0v) is 8.12. The van der Waals surface area contributed by atoms with Crippen LogP contribution < -0.4 is 0 Å². The molecule has 3 nitrogen and oxygen atoms in total. The molecule has 0 aromatic heterocycles. The molecule has 2 heterocycles. The van der Waals surface area contributed by atoms with Crippen molar-refractivity contribution in [3.8, 4) is 0 Å². The van der Waals surface area contributed by atoms with Crippen LogP contribution >= 0.6 is 0 Å². The van der Waals surface area contributed by atoms with Gasteiger partial charge in [0.2, 0.25) is 0 Å². The van der Waals surface area contributed by atoms with Gasteiger partial charge < -0.3 is 14.7 Å². The minimum absolute atomic E-state index is 0.0150. The molecule has 2 aliphatic heterocycles. The maximum absolute atomic E-state index is 9.48. The molecule has 2 saturated heterocycles. The van der Waals surface area contributed by atoms with Crippen molar-refractivity contribution in [2.45, 2.75) is 18.4 Å². The van der Waals surface area contributed by atoms with Gasteiger partial charge >= 0.3 is 0 Å². The Morgan fingerprint density at radius 3 is 3.00 bits per heavy atom. The molecular formula is C10H17NO2. The lowest BCUT2D eigenvalue weighted by Gasteiger charge is -2.32. The number of hydrogen-bond donors (Lipinski definition) is 1. The molecule has 0 aromatic rings. The van der Waals surface area contributed by atoms with E-state index in [4.69, 9.17) is 4.74 Å². The van der Waals surface area contributed by atoms with E-state index in [0.29, 0.717) is 12.5 Å². The van der Waals surface area contributed by atoms with Crippen LogP contribution in [0.4, 0.5) is 0 Å². The second-order valence-electron chi connectivity index (χ2n) is 5.01. The van der Waals surface area contributed by atoms with Crippen molar-refractivity contribution in [1.29, 1.82) is 0 Å². The highest BCUT2D eigenvalue weighted by Gasteiger charge is 2.72. The van der Waals surface area contributed by atoms with Crippen molar-refractivity contribution < 1.29 is 9.84 Å². The van der Waals surface area contributed by atoms with Crippen molar-refractivity contribution in [3.63, 3.8) is 0 Å². The molecule has 1 saturated carbocycles. The molecule has 3 aliphatic rings. The third-order valence-electron chi connectivity index (χ3n) is 4.41. The number of ether oxygens (including phenoxy) is 1. The van der Waals surface area contributed by atoms with Crippen molar-refractivity contribution >= 4 is 0 Å². The van der Waals surface area contributed by atoms with Gasteiger partial charge in [-0.1, -0.05) is 0 Å². The van der Waals surface area contributed by atoms with Gasteiger partial charge in [0.25, 0.3) is 0 Å². The number of likely N-dealkylation sites (N-methyl/N-ethyl adjacent to an activating group) is 1. The van der Waals surface area contributed by atoms with E-state index in [1.54, 1.807) is 0 Å². The Morgan fingerprint density at radius 1 is 1.62 bits per heavy atom. The highest BCUT2D eigenvalue weighted by molar-refractivity contribution is 5.21. The topological polar surface area (TPSA) is 32.7 Å². The van der Waals surface area contributed by atoms with E-state index in [1.807, 2.05) is 0 Å². The summed E-state index contributed by atoms with van der Waals surface area (Å²) < 4.78 is 5.93. The highest BCUT2D eigenvalue weighted by atomic mass is 16.5.